The smallest absolute Gasteiger partial charge is 0.0393 e. The third-order valence-electron chi connectivity index (χ3n) is 4.19. The summed E-state index contributed by atoms with van der Waals surface area (Å²) in [7, 11) is 4.22. The highest BCUT2D eigenvalue weighted by molar-refractivity contribution is 5.52. The zero-order chi connectivity index (χ0) is 15.2. The van der Waals surface area contributed by atoms with Gasteiger partial charge >= 0.3 is 0 Å². The van der Waals surface area contributed by atoms with Crippen LogP contribution in [0.4, 0.5) is 5.69 Å². The molecule has 0 spiro atoms. The van der Waals surface area contributed by atoms with E-state index in [4.69, 9.17) is 0 Å². The van der Waals surface area contributed by atoms with Gasteiger partial charge in [-0.15, -0.1) is 0 Å². The molecule has 0 aliphatic heterocycles. The van der Waals surface area contributed by atoms with Crippen LogP contribution in [0.3, 0.4) is 0 Å². The number of benzene rings is 2. The number of nitrogens with zero attached hydrogens (tertiary/aromatic N) is 1. The molecular weight excluding hydrogens is 256 g/mol. The average Bonchev–Trinajstić information content (AvgIpc) is 2.49. The van der Waals surface area contributed by atoms with Gasteiger partial charge in [0.15, 0.2) is 0 Å². The van der Waals surface area contributed by atoms with Crippen LogP contribution in [0.5, 0.6) is 0 Å². The summed E-state index contributed by atoms with van der Waals surface area (Å²) in [5.41, 5.74) is 5.41. The Kier molecular flexibility index (Phi) is 5.40. The summed E-state index contributed by atoms with van der Waals surface area (Å²) in [4.78, 5) is 2.35. The van der Waals surface area contributed by atoms with Crippen LogP contribution in [0.2, 0.25) is 0 Å². The van der Waals surface area contributed by atoms with E-state index in [2.05, 4.69) is 79.6 Å². The Balaban J connectivity index is 2.04. The zero-order valence-electron chi connectivity index (χ0n) is 13.6. The minimum atomic E-state index is 0.401. The summed E-state index contributed by atoms with van der Waals surface area (Å²) in [5.74, 6) is 0. The number of hydrogen-bond donors (Lipinski definition) is 1. The largest absolute Gasteiger partial charge is 0.374 e. The molecule has 0 saturated heterocycles. The third-order valence-corrected chi connectivity index (χ3v) is 4.19. The number of anilines is 1. The van der Waals surface area contributed by atoms with Gasteiger partial charge in [-0.2, -0.15) is 0 Å². The van der Waals surface area contributed by atoms with Crippen molar-refractivity contribution >= 4 is 5.69 Å². The van der Waals surface area contributed by atoms with Crippen molar-refractivity contribution in [3.63, 3.8) is 0 Å². The van der Waals surface area contributed by atoms with Crippen molar-refractivity contribution in [3.8, 4) is 0 Å². The Labute approximate surface area is 128 Å². The molecule has 2 rings (SSSR count). The highest BCUT2D eigenvalue weighted by Crippen LogP contribution is 2.23. The van der Waals surface area contributed by atoms with Gasteiger partial charge in [-0.1, -0.05) is 42.5 Å². The highest BCUT2D eigenvalue weighted by Gasteiger charge is 2.13. The summed E-state index contributed by atoms with van der Waals surface area (Å²) in [6.07, 6.45) is 1.09. The average molecular weight is 282 g/mol. The van der Waals surface area contributed by atoms with Gasteiger partial charge in [-0.25, -0.2) is 0 Å². The lowest BCUT2D eigenvalue weighted by atomic mass is 9.98. The van der Waals surface area contributed by atoms with Gasteiger partial charge in [0.1, 0.15) is 0 Å². The first-order valence-corrected chi connectivity index (χ1v) is 7.63. The summed E-state index contributed by atoms with van der Waals surface area (Å²) in [6, 6.07) is 17.6. The van der Waals surface area contributed by atoms with Crippen LogP contribution >= 0.6 is 0 Å². The second-order valence-electron chi connectivity index (χ2n) is 5.69. The van der Waals surface area contributed by atoms with Crippen molar-refractivity contribution < 1.29 is 0 Å². The predicted octanol–water partition coefficient (Wildman–Crippen LogP) is 4.09. The van der Waals surface area contributed by atoms with E-state index < -0.39 is 0 Å². The molecule has 2 aromatic rings. The second-order valence-corrected chi connectivity index (χ2v) is 5.69. The molecule has 2 aromatic carbocycles. The molecule has 0 aromatic heterocycles. The lowest BCUT2D eigenvalue weighted by molar-refractivity contribution is 0.547. The van der Waals surface area contributed by atoms with Gasteiger partial charge < -0.3 is 10.2 Å². The topological polar surface area (TPSA) is 15.3 Å². The molecule has 2 heteroatoms. The standard InChI is InChI=1S/C19H26N2/c1-15-9-5-7-11-17(15)18(20-3)13-14-21(4)19-12-8-6-10-16(19)2/h5-12,18,20H,13-14H2,1-4H3. The van der Waals surface area contributed by atoms with Crippen LogP contribution < -0.4 is 10.2 Å². The van der Waals surface area contributed by atoms with Gasteiger partial charge in [0.25, 0.3) is 0 Å². The van der Waals surface area contributed by atoms with Gasteiger partial charge in [0, 0.05) is 25.3 Å². The highest BCUT2D eigenvalue weighted by atomic mass is 15.1. The Hall–Kier alpha value is -1.80. The molecule has 0 aliphatic carbocycles. The summed E-state index contributed by atoms with van der Waals surface area (Å²) in [6.45, 7) is 5.39. The van der Waals surface area contributed by atoms with Crippen molar-refractivity contribution in [2.75, 3.05) is 25.5 Å². The van der Waals surface area contributed by atoms with Gasteiger partial charge in [0.05, 0.1) is 0 Å². The Morgan fingerprint density at radius 1 is 0.952 bits per heavy atom. The fourth-order valence-electron chi connectivity index (χ4n) is 2.87. The van der Waals surface area contributed by atoms with E-state index in [-0.39, 0.29) is 0 Å². The first-order valence-electron chi connectivity index (χ1n) is 7.63. The molecule has 0 radical (unpaired) electrons. The van der Waals surface area contributed by atoms with Crippen LogP contribution in [-0.4, -0.2) is 20.6 Å². The molecule has 0 fully saturated rings. The van der Waals surface area contributed by atoms with Gasteiger partial charge in [0.2, 0.25) is 0 Å². The molecule has 0 heterocycles. The van der Waals surface area contributed by atoms with Crippen molar-refractivity contribution in [3.05, 3.63) is 65.2 Å². The Morgan fingerprint density at radius 3 is 2.19 bits per heavy atom. The molecule has 1 N–H and O–H groups in total. The van der Waals surface area contributed by atoms with Crippen molar-refractivity contribution in [1.82, 2.24) is 5.32 Å². The number of hydrogen-bond acceptors (Lipinski definition) is 2. The van der Waals surface area contributed by atoms with E-state index >= 15 is 0 Å². The second kappa shape index (κ2) is 7.28. The maximum Gasteiger partial charge on any atom is 0.0393 e. The molecule has 2 nitrogen and oxygen atoms in total. The molecule has 0 aliphatic rings. The van der Waals surface area contributed by atoms with Crippen molar-refractivity contribution in [2.24, 2.45) is 0 Å². The molecule has 1 unspecified atom stereocenters. The maximum absolute atomic E-state index is 3.45. The lowest BCUT2D eigenvalue weighted by Gasteiger charge is -2.25. The van der Waals surface area contributed by atoms with E-state index in [0.717, 1.165) is 13.0 Å². The van der Waals surface area contributed by atoms with Gasteiger partial charge in [-0.3, -0.25) is 0 Å². The normalized spacial score (nSPS) is 12.2. The number of para-hydroxylation sites is 1. The summed E-state index contributed by atoms with van der Waals surface area (Å²) >= 11 is 0. The van der Waals surface area contributed by atoms with E-state index in [0.29, 0.717) is 6.04 Å². The number of rotatable bonds is 6. The Bertz CT molecular complexity index is 577. The van der Waals surface area contributed by atoms with Crippen LogP contribution in [0.25, 0.3) is 0 Å². The van der Waals surface area contributed by atoms with Crippen LogP contribution in [-0.2, 0) is 0 Å². The van der Waals surface area contributed by atoms with E-state index in [1.807, 2.05) is 7.05 Å². The first-order chi connectivity index (χ1) is 10.1. The minimum absolute atomic E-state index is 0.401. The molecule has 1 atom stereocenters. The fourth-order valence-corrected chi connectivity index (χ4v) is 2.87. The van der Waals surface area contributed by atoms with E-state index in [1.54, 1.807) is 0 Å². The zero-order valence-corrected chi connectivity index (χ0v) is 13.6. The van der Waals surface area contributed by atoms with Crippen LogP contribution in [0.1, 0.15) is 29.2 Å². The SMILES string of the molecule is CNC(CCN(C)c1ccccc1C)c1ccccc1C. The van der Waals surface area contributed by atoms with Crippen LogP contribution in [0.15, 0.2) is 48.5 Å². The quantitative estimate of drug-likeness (QED) is 0.858. The molecule has 0 saturated carbocycles. The summed E-state index contributed by atoms with van der Waals surface area (Å²) in [5, 5.41) is 3.45. The predicted molar refractivity (Wildman–Crippen MR) is 92.0 cm³/mol. The molecule has 0 bridgehead atoms. The number of nitrogens with one attached hydrogen (secondary N) is 1. The molecule has 112 valence electrons. The van der Waals surface area contributed by atoms with Crippen LogP contribution in [0, 0.1) is 13.8 Å². The monoisotopic (exact) mass is 282 g/mol. The lowest BCUT2D eigenvalue weighted by Crippen LogP contribution is -2.26. The number of aryl methyl sites for hydroxylation is 2. The summed E-state index contributed by atoms with van der Waals surface area (Å²) < 4.78 is 0. The first kappa shape index (κ1) is 15.6. The van der Waals surface area contributed by atoms with Gasteiger partial charge in [-0.05, 0) is 50.1 Å². The van der Waals surface area contributed by atoms with Crippen molar-refractivity contribution in [2.45, 2.75) is 26.3 Å². The Morgan fingerprint density at radius 2 is 1.57 bits per heavy atom. The van der Waals surface area contributed by atoms with E-state index in [9.17, 15) is 0 Å². The third kappa shape index (κ3) is 3.85. The molecule has 0 amide bonds. The van der Waals surface area contributed by atoms with Crippen molar-refractivity contribution in [1.29, 1.82) is 0 Å². The maximum atomic E-state index is 3.45. The minimum Gasteiger partial charge on any atom is -0.374 e. The fraction of sp³-hybridized carbons (Fsp3) is 0.368. The molecular formula is C19H26N2. The molecule has 21 heavy (non-hydrogen) atoms. The van der Waals surface area contributed by atoms with E-state index in [1.165, 1.54) is 22.4 Å².